The fraction of sp³-hybridized carbons (Fsp3) is 0.944. The van der Waals surface area contributed by atoms with Gasteiger partial charge in [-0.25, -0.2) is 0 Å². The van der Waals surface area contributed by atoms with E-state index in [-0.39, 0.29) is 0 Å². The molecule has 0 bridgehead atoms. The van der Waals surface area contributed by atoms with Crippen molar-refractivity contribution < 1.29 is 0 Å². The molecule has 0 heteroatoms. The van der Waals surface area contributed by atoms with Crippen LogP contribution in [0, 0.1) is 34.5 Å². The van der Waals surface area contributed by atoms with Crippen LogP contribution in [0.1, 0.15) is 80.1 Å². The second-order valence-corrected chi connectivity index (χ2v) is 8.93. The first-order chi connectivity index (χ1) is 8.20. The third kappa shape index (κ3) is 3.11. The zero-order chi connectivity index (χ0) is 13.6. The van der Waals surface area contributed by atoms with Gasteiger partial charge in [-0.1, -0.05) is 60.8 Å². The molecule has 0 aliphatic heterocycles. The highest BCUT2D eigenvalue weighted by Gasteiger charge is 2.44. The van der Waals surface area contributed by atoms with Crippen LogP contribution in [0.4, 0.5) is 0 Å². The minimum absolute atomic E-state index is 0.522. The standard InChI is InChI=1S/C18H33/c1-13-8-7-9-14(2)16(13)15-10-17(3,4)12-18(5,6)11-15/h13-14,16H,7-12H2,1-6H3. The molecule has 0 spiro atoms. The summed E-state index contributed by atoms with van der Waals surface area (Å²) in [5, 5.41) is 0. The Bertz CT molecular complexity index is 260. The maximum atomic E-state index is 2.50. The lowest BCUT2D eigenvalue weighted by atomic mass is 9.55. The maximum absolute atomic E-state index is 2.50. The predicted octanol–water partition coefficient (Wildman–Crippen LogP) is 5.87. The largest absolute Gasteiger partial charge is 0.0622 e. The molecule has 2 atom stereocenters. The Kier molecular flexibility index (Phi) is 3.87. The third-order valence-corrected chi connectivity index (χ3v) is 5.38. The van der Waals surface area contributed by atoms with E-state index in [0.717, 1.165) is 17.8 Å². The van der Waals surface area contributed by atoms with Gasteiger partial charge in [0, 0.05) is 0 Å². The molecular formula is C18H33. The highest BCUT2D eigenvalue weighted by Crippen LogP contribution is 2.55. The number of hydrogen-bond acceptors (Lipinski definition) is 0. The summed E-state index contributed by atoms with van der Waals surface area (Å²) in [5.41, 5.74) is 1.04. The molecule has 2 aliphatic carbocycles. The van der Waals surface area contributed by atoms with Crippen molar-refractivity contribution in [1.82, 2.24) is 0 Å². The average Bonchev–Trinajstić information content (AvgIpc) is 2.11. The van der Waals surface area contributed by atoms with Crippen molar-refractivity contribution in [3.05, 3.63) is 5.92 Å². The fourth-order valence-electron chi connectivity index (χ4n) is 5.43. The molecule has 0 aromatic heterocycles. The van der Waals surface area contributed by atoms with Crippen molar-refractivity contribution in [2.45, 2.75) is 80.1 Å². The van der Waals surface area contributed by atoms with Gasteiger partial charge in [-0.05, 0) is 53.8 Å². The molecular weight excluding hydrogens is 216 g/mol. The zero-order valence-corrected chi connectivity index (χ0v) is 13.5. The first-order valence-corrected chi connectivity index (χ1v) is 8.05. The lowest BCUT2D eigenvalue weighted by Gasteiger charge is -2.50. The van der Waals surface area contributed by atoms with Crippen LogP contribution in [-0.2, 0) is 0 Å². The lowest BCUT2D eigenvalue weighted by molar-refractivity contribution is 0.0788. The summed E-state index contributed by atoms with van der Waals surface area (Å²) in [6.45, 7) is 14.9. The molecule has 2 rings (SSSR count). The average molecular weight is 249 g/mol. The molecule has 2 fully saturated rings. The highest BCUT2D eigenvalue weighted by molar-refractivity contribution is 5.10. The van der Waals surface area contributed by atoms with Gasteiger partial charge in [-0.2, -0.15) is 0 Å². The van der Waals surface area contributed by atoms with Crippen molar-refractivity contribution in [1.29, 1.82) is 0 Å². The zero-order valence-electron chi connectivity index (χ0n) is 13.5. The minimum atomic E-state index is 0.522. The molecule has 0 aromatic rings. The molecule has 105 valence electrons. The van der Waals surface area contributed by atoms with Gasteiger partial charge in [0.05, 0.1) is 0 Å². The van der Waals surface area contributed by atoms with Gasteiger partial charge in [0.2, 0.25) is 0 Å². The quantitative estimate of drug-likeness (QED) is 0.545. The molecule has 0 heterocycles. The smallest absolute Gasteiger partial charge is 0.0194 e. The van der Waals surface area contributed by atoms with E-state index >= 15 is 0 Å². The summed E-state index contributed by atoms with van der Waals surface area (Å²) in [6.07, 6.45) is 8.53. The summed E-state index contributed by atoms with van der Waals surface area (Å²) in [4.78, 5) is 0. The summed E-state index contributed by atoms with van der Waals surface area (Å²) < 4.78 is 0. The van der Waals surface area contributed by atoms with E-state index in [1.54, 1.807) is 0 Å². The van der Waals surface area contributed by atoms with Gasteiger partial charge in [-0.3, -0.25) is 0 Å². The van der Waals surface area contributed by atoms with Gasteiger partial charge < -0.3 is 0 Å². The van der Waals surface area contributed by atoms with E-state index in [0.29, 0.717) is 10.8 Å². The Labute approximate surface area is 115 Å². The normalized spacial score (nSPS) is 40.7. The first kappa shape index (κ1) is 14.4. The molecule has 18 heavy (non-hydrogen) atoms. The second kappa shape index (κ2) is 4.84. The van der Waals surface area contributed by atoms with Crippen LogP contribution in [0.3, 0.4) is 0 Å². The van der Waals surface area contributed by atoms with Gasteiger partial charge in [0.15, 0.2) is 0 Å². The van der Waals surface area contributed by atoms with Crippen molar-refractivity contribution >= 4 is 0 Å². The van der Waals surface area contributed by atoms with Crippen LogP contribution in [0.2, 0.25) is 0 Å². The van der Waals surface area contributed by atoms with E-state index < -0.39 is 0 Å². The van der Waals surface area contributed by atoms with Gasteiger partial charge in [0.25, 0.3) is 0 Å². The monoisotopic (exact) mass is 249 g/mol. The predicted molar refractivity (Wildman–Crippen MR) is 80.3 cm³/mol. The van der Waals surface area contributed by atoms with Crippen molar-refractivity contribution in [2.75, 3.05) is 0 Å². The van der Waals surface area contributed by atoms with Gasteiger partial charge in [0.1, 0.15) is 0 Å². The Balaban J connectivity index is 2.16. The van der Waals surface area contributed by atoms with Gasteiger partial charge >= 0.3 is 0 Å². The third-order valence-electron chi connectivity index (χ3n) is 5.38. The van der Waals surface area contributed by atoms with Crippen molar-refractivity contribution in [3.63, 3.8) is 0 Å². The summed E-state index contributed by atoms with van der Waals surface area (Å²) in [6, 6.07) is 0. The van der Waals surface area contributed by atoms with Crippen molar-refractivity contribution in [3.8, 4) is 0 Å². The molecule has 2 unspecified atom stereocenters. The van der Waals surface area contributed by atoms with Crippen LogP contribution in [0.5, 0.6) is 0 Å². The van der Waals surface area contributed by atoms with E-state index in [1.807, 2.05) is 5.92 Å². The topological polar surface area (TPSA) is 0 Å². The van der Waals surface area contributed by atoms with Crippen LogP contribution < -0.4 is 0 Å². The molecule has 0 saturated heterocycles. The summed E-state index contributed by atoms with van der Waals surface area (Å²) in [7, 11) is 0. The van der Waals surface area contributed by atoms with Crippen LogP contribution >= 0.6 is 0 Å². The lowest BCUT2D eigenvalue weighted by Crippen LogP contribution is -2.40. The first-order valence-electron chi connectivity index (χ1n) is 8.05. The fourth-order valence-corrected chi connectivity index (χ4v) is 5.43. The van der Waals surface area contributed by atoms with E-state index in [2.05, 4.69) is 41.5 Å². The molecule has 0 aromatic carbocycles. The highest BCUT2D eigenvalue weighted by atomic mass is 14.5. The maximum Gasteiger partial charge on any atom is -0.0194 e. The number of rotatable bonds is 1. The number of hydrogen-bond donors (Lipinski definition) is 0. The van der Waals surface area contributed by atoms with Gasteiger partial charge in [-0.15, -0.1) is 0 Å². The second-order valence-electron chi connectivity index (χ2n) is 8.93. The van der Waals surface area contributed by atoms with Crippen LogP contribution in [-0.4, -0.2) is 0 Å². The van der Waals surface area contributed by atoms with E-state index in [4.69, 9.17) is 0 Å². The molecule has 1 radical (unpaired) electrons. The Morgan fingerprint density at radius 3 is 1.72 bits per heavy atom. The molecule has 0 nitrogen and oxygen atoms in total. The Morgan fingerprint density at radius 2 is 1.28 bits per heavy atom. The summed E-state index contributed by atoms with van der Waals surface area (Å²) in [5.74, 6) is 4.68. The summed E-state index contributed by atoms with van der Waals surface area (Å²) >= 11 is 0. The SMILES string of the molecule is CC1CCCC(C)C1[C]1CC(C)(C)CC(C)(C)C1. The molecule has 0 amide bonds. The Hall–Kier alpha value is 0. The van der Waals surface area contributed by atoms with Crippen molar-refractivity contribution in [2.24, 2.45) is 28.6 Å². The van der Waals surface area contributed by atoms with E-state index in [1.165, 1.54) is 38.5 Å². The molecule has 2 saturated carbocycles. The van der Waals surface area contributed by atoms with Crippen LogP contribution in [0.15, 0.2) is 0 Å². The Morgan fingerprint density at radius 1 is 0.833 bits per heavy atom. The van der Waals surface area contributed by atoms with Crippen LogP contribution in [0.25, 0.3) is 0 Å². The molecule has 0 N–H and O–H groups in total. The molecule has 2 aliphatic rings. The van der Waals surface area contributed by atoms with E-state index in [9.17, 15) is 0 Å². The minimum Gasteiger partial charge on any atom is -0.0622 e.